The van der Waals surface area contributed by atoms with Gasteiger partial charge in [0.2, 0.25) is 5.91 Å². The summed E-state index contributed by atoms with van der Waals surface area (Å²) in [6.07, 6.45) is 6.40. The number of nitrogens with one attached hydrogen (secondary N) is 1. The molecule has 1 heterocycles. The fourth-order valence-electron chi connectivity index (χ4n) is 2.97. The van der Waals surface area contributed by atoms with Gasteiger partial charge in [0.25, 0.3) is 0 Å². The number of carbonyl (C=O) groups is 1. The van der Waals surface area contributed by atoms with Gasteiger partial charge in [-0.15, -0.1) is 0 Å². The molecule has 100 valence electrons. The fraction of sp³-hybridized carbons (Fsp3) is 0.857. The van der Waals surface area contributed by atoms with Gasteiger partial charge in [-0.25, -0.2) is 0 Å². The molecule has 0 aromatic heterocycles. The van der Waals surface area contributed by atoms with E-state index in [0.29, 0.717) is 19.4 Å². The minimum Gasteiger partial charge on any atom is -0.379 e. The van der Waals surface area contributed by atoms with Crippen molar-refractivity contribution < 1.29 is 9.53 Å². The summed E-state index contributed by atoms with van der Waals surface area (Å²) < 4.78 is 5.44. The zero-order valence-electron chi connectivity index (χ0n) is 11.1. The number of ether oxygens (including phenoxy) is 1. The van der Waals surface area contributed by atoms with Gasteiger partial charge in [0, 0.05) is 6.61 Å². The van der Waals surface area contributed by atoms with Gasteiger partial charge < -0.3 is 10.1 Å². The molecule has 1 N–H and O–H groups in total. The van der Waals surface area contributed by atoms with Crippen LogP contribution in [0, 0.1) is 16.7 Å². The largest absolute Gasteiger partial charge is 0.379 e. The monoisotopic (exact) mass is 250 g/mol. The van der Waals surface area contributed by atoms with E-state index in [4.69, 9.17) is 4.74 Å². The Kier molecular flexibility index (Phi) is 3.91. The summed E-state index contributed by atoms with van der Waals surface area (Å²) >= 11 is 0. The van der Waals surface area contributed by atoms with Crippen molar-refractivity contribution in [2.24, 2.45) is 5.41 Å². The van der Waals surface area contributed by atoms with Gasteiger partial charge in [-0.3, -0.25) is 4.79 Å². The van der Waals surface area contributed by atoms with Crippen molar-refractivity contribution in [3.05, 3.63) is 0 Å². The van der Waals surface area contributed by atoms with E-state index in [1.54, 1.807) is 0 Å². The van der Waals surface area contributed by atoms with Crippen LogP contribution in [-0.2, 0) is 9.53 Å². The highest BCUT2D eigenvalue weighted by Gasteiger charge is 2.42. The molecule has 1 aliphatic carbocycles. The Morgan fingerprint density at radius 2 is 1.94 bits per heavy atom. The van der Waals surface area contributed by atoms with E-state index in [0.717, 1.165) is 38.7 Å². The van der Waals surface area contributed by atoms with Crippen molar-refractivity contribution in [3.63, 3.8) is 0 Å². The van der Waals surface area contributed by atoms with Crippen LogP contribution in [0.3, 0.4) is 0 Å². The van der Waals surface area contributed by atoms with Crippen molar-refractivity contribution >= 4 is 5.91 Å². The third kappa shape index (κ3) is 2.67. The highest BCUT2D eigenvalue weighted by molar-refractivity contribution is 5.86. The molecule has 0 bridgehead atoms. The molecule has 0 radical (unpaired) electrons. The molecule has 0 aromatic rings. The normalized spacial score (nSPS) is 31.3. The predicted molar refractivity (Wildman–Crippen MR) is 67.7 cm³/mol. The molecule has 2 aliphatic rings. The first kappa shape index (κ1) is 13.4. The van der Waals surface area contributed by atoms with E-state index in [9.17, 15) is 10.1 Å². The molecule has 4 heteroatoms. The maximum atomic E-state index is 12.4. The highest BCUT2D eigenvalue weighted by Crippen LogP contribution is 2.36. The average molecular weight is 250 g/mol. The molecule has 4 nitrogen and oxygen atoms in total. The van der Waals surface area contributed by atoms with Gasteiger partial charge in [0.15, 0.2) is 0 Å². The SMILES string of the molecule is CC1(NC(=O)C2(C#N)CCCCC2)CCCOC1. The van der Waals surface area contributed by atoms with Crippen LogP contribution in [0.25, 0.3) is 0 Å². The number of carbonyl (C=O) groups excluding carboxylic acids is 1. The van der Waals surface area contributed by atoms with Crippen LogP contribution in [0.15, 0.2) is 0 Å². The minimum atomic E-state index is -0.793. The van der Waals surface area contributed by atoms with Crippen LogP contribution >= 0.6 is 0 Å². The topological polar surface area (TPSA) is 62.1 Å². The van der Waals surface area contributed by atoms with Gasteiger partial charge >= 0.3 is 0 Å². The molecule has 2 rings (SSSR count). The van der Waals surface area contributed by atoms with Gasteiger partial charge in [0.1, 0.15) is 5.41 Å². The Bertz CT molecular complexity index is 347. The second-order valence-corrected chi connectivity index (χ2v) is 5.93. The van der Waals surface area contributed by atoms with Gasteiger partial charge in [-0.2, -0.15) is 5.26 Å². The molecule has 0 spiro atoms. The second kappa shape index (κ2) is 5.27. The van der Waals surface area contributed by atoms with E-state index in [2.05, 4.69) is 11.4 Å². The van der Waals surface area contributed by atoms with Gasteiger partial charge in [-0.05, 0) is 32.6 Å². The molecule has 18 heavy (non-hydrogen) atoms. The highest BCUT2D eigenvalue weighted by atomic mass is 16.5. The summed E-state index contributed by atoms with van der Waals surface area (Å²) in [5.41, 5.74) is -1.09. The lowest BCUT2D eigenvalue weighted by molar-refractivity contribution is -0.133. The zero-order valence-corrected chi connectivity index (χ0v) is 11.1. The van der Waals surface area contributed by atoms with Crippen LogP contribution < -0.4 is 5.32 Å². The molecule has 1 amide bonds. The molecule has 0 aromatic carbocycles. The Morgan fingerprint density at radius 1 is 1.22 bits per heavy atom. The number of nitriles is 1. The first-order valence-corrected chi connectivity index (χ1v) is 6.92. The Balaban J connectivity index is 2.03. The van der Waals surface area contributed by atoms with Crippen LogP contribution in [0.1, 0.15) is 51.9 Å². The van der Waals surface area contributed by atoms with E-state index in [1.807, 2.05) is 6.92 Å². The summed E-state index contributed by atoms with van der Waals surface area (Å²) in [7, 11) is 0. The molecule has 1 saturated carbocycles. The number of nitrogens with zero attached hydrogens (tertiary/aromatic N) is 1. The third-order valence-corrected chi connectivity index (χ3v) is 4.21. The molecule has 1 aliphatic heterocycles. The summed E-state index contributed by atoms with van der Waals surface area (Å²) in [6, 6.07) is 2.27. The average Bonchev–Trinajstić information content (AvgIpc) is 2.39. The van der Waals surface area contributed by atoms with Crippen LogP contribution in [-0.4, -0.2) is 24.7 Å². The molecular formula is C14H22N2O2. The van der Waals surface area contributed by atoms with Crippen molar-refractivity contribution in [2.75, 3.05) is 13.2 Å². The number of hydrogen-bond donors (Lipinski definition) is 1. The lowest BCUT2D eigenvalue weighted by atomic mass is 9.74. The fourth-order valence-corrected chi connectivity index (χ4v) is 2.97. The molecule has 2 fully saturated rings. The van der Waals surface area contributed by atoms with Crippen molar-refractivity contribution in [1.29, 1.82) is 5.26 Å². The summed E-state index contributed by atoms with van der Waals surface area (Å²) in [5, 5.41) is 12.5. The quantitative estimate of drug-likeness (QED) is 0.816. The first-order chi connectivity index (χ1) is 8.60. The van der Waals surface area contributed by atoms with E-state index < -0.39 is 5.41 Å². The minimum absolute atomic E-state index is 0.0855. The lowest BCUT2D eigenvalue weighted by Crippen LogP contribution is -2.56. The van der Waals surface area contributed by atoms with Gasteiger partial charge in [0.05, 0.1) is 18.2 Å². The standard InChI is InChI=1S/C14H22N2O2/c1-13(6-5-9-18-11-13)16-12(17)14(10-15)7-3-2-4-8-14/h2-9,11H2,1H3,(H,16,17). The number of rotatable bonds is 2. The van der Waals surface area contributed by atoms with Crippen LogP contribution in [0.5, 0.6) is 0 Å². The second-order valence-electron chi connectivity index (χ2n) is 5.93. The Hall–Kier alpha value is -1.08. The Labute approximate surface area is 109 Å². The number of amides is 1. The Morgan fingerprint density at radius 3 is 2.50 bits per heavy atom. The first-order valence-electron chi connectivity index (χ1n) is 6.92. The van der Waals surface area contributed by atoms with E-state index >= 15 is 0 Å². The maximum absolute atomic E-state index is 12.4. The van der Waals surface area contributed by atoms with Crippen molar-refractivity contribution in [3.8, 4) is 6.07 Å². The third-order valence-electron chi connectivity index (χ3n) is 4.21. The molecular weight excluding hydrogens is 228 g/mol. The van der Waals surface area contributed by atoms with Crippen molar-refractivity contribution in [1.82, 2.24) is 5.32 Å². The van der Waals surface area contributed by atoms with Crippen molar-refractivity contribution in [2.45, 2.75) is 57.4 Å². The lowest BCUT2D eigenvalue weighted by Gasteiger charge is -2.38. The van der Waals surface area contributed by atoms with Gasteiger partial charge in [-0.1, -0.05) is 19.3 Å². The summed E-state index contributed by atoms with van der Waals surface area (Å²) in [4.78, 5) is 12.4. The van der Waals surface area contributed by atoms with E-state index in [1.165, 1.54) is 0 Å². The number of hydrogen-bond acceptors (Lipinski definition) is 3. The van der Waals surface area contributed by atoms with E-state index in [-0.39, 0.29) is 11.4 Å². The summed E-state index contributed by atoms with van der Waals surface area (Å²) in [6.45, 7) is 3.34. The maximum Gasteiger partial charge on any atom is 0.240 e. The zero-order chi connectivity index (χ0) is 13.1. The molecule has 1 saturated heterocycles. The smallest absolute Gasteiger partial charge is 0.240 e. The predicted octanol–water partition coefficient (Wildman–Crippen LogP) is 2.15. The molecule has 1 atom stereocenters. The molecule has 1 unspecified atom stereocenters. The van der Waals surface area contributed by atoms with Crippen LogP contribution in [0.2, 0.25) is 0 Å². The van der Waals surface area contributed by atoms with Crippen LogP contribution in [0.4, 0.5) is 0 Å². The summed E-state index contributed by atoms with van der Waals surface area (Å²) in [5.74, 6) is -0.0855.